The molecule has 0 heterocycles. The number of rotatable bonds is 17. The normalized spacial score (nSPS) is 11.8. The average molecular weight is 418 g/mol. The molecule has 1 atom stereocenters. The third-order valence-corrected chi connectivity index (χ3v) is 4.66. The predicted molar refractivity (Wildman–Crippen MR) is 119 cm³/mol. The van der Waals surface area contributed by atoms with Crippen molar-refractivity contribution in [2.24, 2.45) is 0 Å². The fourth-order valence-corrected chi connectivity index (χ4v) is 2.99. The molecule has 1 aromatic rings. The number of anilines is 1. The summed E-state index contributed by atoms with van der Waals surface area (Å²) in [5, 5.41) is 3.29. The zero-order valence-corrected chi connectivity index (χ0v) is 18.5. The van der Waals surface area contributed by atoms with E-state index in [0.29, 0.717) is 64.5 Å². The maximum Gasteiger partial charge on any atom is 0.260 e. The number of ether oxygens (including phenoxy) is 3. The molecule has 0 aliphatic heterocycles. The van der Waals surface area contributed by atoms with Crippen molar-refractivity contribution >= 4 is 25.9 Å². The molecule has 0 saturated carbocycles. The van der Waals surface area contributed by atoms with Crippen LogP contribution >= 0.6 is 0 Å². The highest BCUT2D eigenvalue weighted by Gasteiger charge is 2.22. The Morgan fingerprint density at radius 1 is 1.13 bits per heavy atom. The molecule has 0 fully saturated rings. The Morgan fingerprint density at radius 2 is 1.77 bits per heavy atom. The van der Waals surface area contributed by atoms with Gasteiger partial charge in [-0.2, -0.15) is 0 Å². The highest BCUT2D eigenvalue weighted by atomic mass is 16.5. The summed E-state index contributed by atoms with van der Waals surface area (Å²) < 4.78 is 16.2. The van der Waals surface area contributed by atoms with Gasteiger partial charge >= 0.3 is 0 Å². The Balaban J connectivity index is 2.41. The Hall–Kier alpha value is -1.90. The van der Waals surface area contributed by atoms with E-state index in [1.807, 2.05) is 32.9 Å². The third kappa shape index (κ3) is 9.28. The summed E-state index contributed by atoms with van der Waals surface area (Å²) in [6.45, 7) is 9.52. The van der Waals surface area contributed by atoms with Gasteiger partial charge in [0.05, 0.1) is 40.9 Å². The maximum atomic E-state index is 12.8. The monoisotopic (exact) mass is 418 g/mol. The van der Waals surface area contributed by atoms with Crippen LogP contribution in [0.3, 0.4) is 0 Å². The highest BCUT2D eigenvalue weighted by molar-refractivity contribution is 6.08. The molecule has 1 aromatic carbocycles. The summed E-state index contributed by atoms with van der Waals surface area (Å²) in [5.74, 6) is -0.268. The SMILES string of the molecule is [B]CCOCCOCCOCCNc1cccc(C(=O)N(C=O)C(C)CCC)c1C. The molecule has 0 aromatic heterocycles. The Morgan fingerprint density at radius 3 is 2.37 bits per heavy atom. The lowest BCUT2D eigenvalue weighted by molar-refractivity contribution is -0.117. The van der Waals surface area contributed by atoms with Crippen molar-refractivity contribution in [3.05, 3.63) is 29.3 Å². The Bertz CT molecular complexity index is 630. The number of nitrogens with one attached hydrogen (secondary N) is 1. The highest BCUT2D eigenvalue weighted by Crippen LogP contribution is 2.21. The van der Waals surface area contributed by atoms with Crippen LogP contribution in [-0.4, -0.2) is 77.3 Å². The maximum absolute atomic E-state index is 12.8. The quantitative estimate of drug-likeness (QED) is 0.238. The number of nitrogens with zero attached hydrogens (tertiary/aromatic N) is 1. The second kappa shape index (κ2) is 15.9. The second-order valence-corrected chi connectivity index (χ2v) is 6.99. The number of hydrogen-bond donors (Lipinski definition) is 1. The van der Waals surface area contributed by atoms with Gasteiger partial charge in [0.15, 0.2) is 0 Å². The van der Waals surface area contributed by atoms with Gasteiger partial charge in [0.1, 0.15) is 0 Å². The molecule has 8 heteroatoms. The first-order valence-electron chi connectivity index (χ1n) is 10.6. The minimum absolute atomic E-state index is 0.126. The summed E-state index contributed by atoms with van der Waals surface area (Å²) in [4.78, 5) is 25.6. The van der Waals surface area contributed by atoms with Crippen molar-refractivity contribution in [2.75, 3.05) is 51.5 Å². The van der Waals surface area contributed by atoms with Gasteiger partial charge in [-0.25, -0.2) is 0 Å². The lowest BCUT2D eigenvalue weighted by atomic mass is 10.0. The van der Waals surface area contributed by atoms with E-state index in [0.717, 1.165) is 24.1 Å². The van der Waals surface area contributed by atoms with Crippen LogP contribution in [0.25, 0.3) is 0 Å². The molecule has 0 aliphatic carbocycles. The predicted octanol–water partition coefficient (Wildman–Crippen LogP) is 2.83. The lowest BCUT2D eigenvalue weighted by Gasteiger charge is -2.24. The summed E-state index contributed by atoms with van der Waals surface area (Å²) in [6.07, 6.45) is 2.83. The zero-order valence-electron chi connectivity index (χ0n) is 18.5. The van der Waals surface area contributed by atoms with Crippen LogP contribution in [0, 0.1) is 6.92 Å². The second-order valence-electron chi connectivity index (χ2n) is 6.99. The van der Waals surface area contributed by atoms with E-state index in [2.05, 4.69) is 5.32 Å². The molecule has 7 nitrogen and oxygen atoms in total. The molecule has 0 saturated heterocycles. The van der Waals surface area contributed by atoms with E-state index < -0.39 is 0 Å². The van der Waals surface area contributed by atoms with Crippen LogP contribution in [0.1, 0.15) is 42.6 Å². The number of benzene rings is 1. The first-order valence-corrected chi connectivity index (χ1v) is 10.6. The minimum atomic E-state index is -0.268. The van der Waals surface area contributed by atoms with Gasteiger partial charge in [0, 0.05) is 30.4 Å². The first kappa shape index (κ1) is 26.1. The summed E-state index contributed by atoms with van der Waals surface area (Å²) >= 11 is 0. The van der Waals surface area contributed by atoms with E-state index >= 15 is 0 Å². The van der Waals surface area contributed by atoms with Crippen molar-refractivity contribution in [3.8, 4) is 0 Å². The van der Waals surface area contributed by atoms with Gasteiger partial charge in [0.2, 0.25) is 6.41 Å². The van der Waals surface area contributed by atoms with Gasteiger partial charge in [-0.05, 0) is 38.0 Å². The molecule has 166 valence electrons. The number of carbonyl (C=O) groups excluding carboxylic acids is 2. The molecule has 0 aliphatic rings. The summed E-state index contributed by atoms with van der Waals surface area (Å²) in [6, 6.07) is 5.36. The largest absolute Gasteiger partial charge is 0.382 e. The molecule has 1 N–H and O–H groups in total. The number of carbonyl (C=O) groups is 2. The molecular formula is C22H35BN2O5. The summed E-state index contributed by atoms with van der Waals surface area (Å²) in [7, 11) is 5.33. The van der Waals surface area contributed by atoms with E-state index in [9.17, 15) is 9.59 Å². The van der Waals surface area contributed by atoms with Crippen molar-refractivity contribution in [3.63, 3.8) is 0 Å². The Labute approximate surface area is 181 Å². The molecule has 1 rings (SSSR count). The molecule has 0 spiro atoms. The van der Waals surface area contributed by atoms with Crippen LogP contribution < -0.4 is 5.32 Å². The molecule has 0 bridgehead atoms. The van der Waals surface area contributed by atoms with Crippen molar-refractivity contribution < 1.29 is 23.8 Å². The molecule has 1 unspecified atom stereocenters. The fourth-order valence-electron chi connectivity index (χ4n) is 2.99. The average Bonchev–Trinajstić information content (AvgIpc) is 2.73. The first-order chi connectivity index (χ1) is 14.6. The van der Waals surface area contributed by atoms with Gasteiger partial charge in [0.25, 0.3) is 5.91 Å². The third-order valence-electron chi connectivity index (χ3n) is 4.66. The number of imide groups is 1. The van der Waals surface area contributed by atoms with Crippen molar-refractivity contribution in [1.29, 1.82) is 0 Å². The topological polar surface area (TPSA) is 77.1 Å². The van der Waals surface area contributed by atoms with Crippen LogP contribution in [0.2, 0.25) is 6.32 Å². The van der Waals surface area contributed by atoms with Gasteiger partial charge in [-0.1, -0.05) is 25.7 Å². The van der Waals surface area contributed by atoms with Crippen LogP contribution in [0.5, 0.6) is 0 Å². The Kier molecular flexibility index (Phi) is 13.8. The lowest BCUT2D eigenvalue weighted by Crippen LogP contribution is -2.37. The van der Waals surface area contributed by atoms with Crippen LogP contribution in [0.4, 0.5) is 5.69 Å². The summed E-state index contributed by atoms with van der Waals surface area (Å²) in [5.41, 5.74) is 2.20. The smallest absolute Gasteiger partial charge is 0.260 e. The minimum Gasteiger partial charge on any atom is -0.382 e. The zero-order chi connectivity index (χ0) is 22.2. The molecule has 30 heavy (non-hydrogen) atoms. The van der Waals surface area contributed by atoms with Gasteiger partial charge in [-0.3, -0.25) is 14.5 Å². The fraction of sp³-hybridized carbons (Fsp3) is 0.636. The van der Waals surface area contributed by atoms with Crippen molar-refractivity contribution in [1.82, 2.24) is 4.90 Å². The standard InChI is InChI=1S/C22H35BN2O5/c1-4-6-18(2)25(17-26)22(27)20-7-5-8-21(19(20)3)24-10-12-29-14-16-30-15-13-28-11-9-23/h5,7-8,17-18,24H,4,6,9-16H2,1-3H3. The van der Waals surface area contributed by atoms with Crippen molar-refractivity contribution in [2.45, 2.75) is 46.0 Å². The number of hydrogen-bond acceptors (Lipinski definition) is 6. The molecule has 2 radical (unpaired) electrons. The van der Waals surface area contributed by atoms with Crippen LogP contribution in [-0.2, 0) is 19.0 Å². The van der Waals surface area contributed by atoms with Gasteiger partial charge < -0.3 is 19.5 Å². The van der Waals surface area contributed by atoms with E-state index in [1.165, 1.54) is 4.90 Å². The molecular weight excluding hydrogens is 383 g/mol. The van der Waals surface area contributed by atoms with E-state index in [-0.39, 0.29) is 11.9 Å². The van der Waals surface area contributed by atoms with E-state index in [4.69, 9.17) is 22.1 Å². The van der Waals surface area contributed by atoms with Gasteiger partial charge in [-0.15, -0.1) is 0 Å². The van der Waals surface area contributed by atoms with Crippen LogP contribution in [0.15, 0.2) is 18.2 Å². The number of amides is 2. The van der Waals surface area contributed by atoms with E-state index in [1.54, 1.807) is 6.07 Å². The molecule has 2 amide bonds.